The fourth-order valence-corrected chi connectivity index (χ4v) is 7.72. The van der Waals surface area contributed by atoms with Gasteiger partial charge >= 0.3 is 29.8 Å². The minimum absolute atomic E-state index is 0.00634. The van der Waals surface area contributed by atoms with E-state index in [1.54, 1.807) is 37.3 Å². The molecule has 0 N–H and O–H groups in total. The van der Waals surface area contributed by atoms with Crippen molar-refractivity contribution in [1.82, 2.24) is 0 Å². The van der Waals surface area contributed by atoms with E-state index in [4.69, 9.17) is 30.3 Å². The van der Waals surface area contributed by atoms with Gasteiger partial charge in [0.2, 0.25) is 0 Å². The lowest BCUT2D eigenvalue weighted by Gasteiger charge is -2.26. The van der Waals surface area contributed by atoms with Crippen LogP contribution in [0.3, 0.4) is 0 Å². The number of hydrogen-bond donors (Lipinski definition) is 0. The van der Waals surface area contributed by atoms with Crippen LogP contribution in [-0.4, -0.2) is 49.2 Å². The molecular weight excluding hydrogens is 697 g/mol. The van der Waals surface area contributed by atoms with E-state index >= 15 is 0 Å². The van der Waals surface area contributed by atoms with Crippen molar-refractivity contribution < 1.29 is 47.7 Å². The minimum Gasteiger partial charge on any atom is -0.465 e. The number of carbonyl (C=O) groups is 5. The van der Waals surface area contributed by atoms with Gasteiger partial charge in [-0.3, -0.25) is 19.2 Å². The standard InChI is InChI=1S/C37H36N2O10S2/c1-5-30(40)47-23(3)21-46-32(42)17-16-31(41)45-19-18-24-7-13-27(14-8-24)48-35(43)25-9-11-26(12-10-25)36(44)49-29-15-6-22(2)33-34(29)51-37(50-33)28(20-38)39-4/h5-8,13-15,23,25-26H,1,9-12,16-19,21H2,2-3H3/b37-28+. The summed E-state index contributed by atoms with van der Waals surface area (Å²) in [4.78, 5) is 65.9. The molecule has 1 atom stereocenters. The Hall–Kier alpha value is -5.05. The van der Waals surface area contributed by atoms with Gasteiger partial charge in [0.25, 0.3) is 5.70 Å². The molecule has 266 valence electrons. The molecule has 2 aromatic rings. The summed E-state index contributed by atoms with van der Waals surface area (Å²) in [5.41, 5.74) is 1.82. The van der Waals surface area contributed by atoms with Gasteiger partial charge in [-0.2, -0.15) is 0 Å². The van der Waals surface area contributed by atoms with Crippen molar-refractivity contribution in [1.29, 1.82) is 5.26 Å². The van der Waals surface area contributed by atoms with E-state index in [1.807, 2.05) is 19.1 Å². The smallest absolute Gasteiger partial charge is 0.330 e. The maximum absolute atomic E-state index is 13.1. The van der Waals surface area contributed by atoms with Crippen LogP contribution in [0, 0.1) is 36.7 Å². The van der Waals surface area contributed by atoms with Crippen LogP contribution < -0.4 is 9.47 Å². The highest BCUT2D eigenvalue weighted by Gasteiger charge is 2.34. The van der Waals surface area contributed by atoms with Gasteiger partial charge in [0.1, 0.15) is 24.2 Å². The summed E-state index contributed by atoms with van der Waals surface area (Å²) >= 11 is 2.60. The summed E-state index contributed by atoms with van der Waals surface area (Å²) in [5.74, 6) is -2.49. The van der Waals surface area contributed by atoms with Crippen molar-refractivity contribution in [2.45, 2.75) is 74.7 Å². The zero-order valence-electron chi connectivity index (χ0n) is 28.1. The fourth-order valence-electron chi connectivity index (χ4n) is 5.17. The molecule has 1 fully saturated rings. The number of carbonyl (C=O) groups excluding carboxylic acids is 5. The topological polar surface area (TPSA) is 160 Å². The molecule has 1 unspecified atom stereocenters. The lowest BCUT2D eigenvalue weighted by Crippen LogP contribution is -2.30. The highest BCUT2D eigenvalue weighted by atomic mass is 32.2. The number of esters is 5. The molecule has 14 heteroatoms. The van der Waals surface area contributed by atoms with Crippen LogP contribution in [0.1, 0.15) is 56.6 Å². The normalized spacial score (nSPS) is 17.7. The predicted octanol–water partition coefficient (Wildman–Crippen LogP) is 6.65. The van der Waals surface area contributed by atoms with Crippen LogP contribution in [0.5, 0.6) is 11.5 Å². The molecule has 0 radical (unpaired) electrons. The van der Waals surface area contributed by atoms with E-state index in [-0.39, 0.29) is 55.5 Å². The van der Waals surface area contributed by atoms with Crippen LogP contribution >= 0.6 is 23.5 Å². The second-order valence-corrected chi connectivity index (χ2v) is 14.0. The third-order valence-electron chi connectivity index (χ3n) is 7.97. The third kappa shape index (κ3) is 11.2. The molecule has 1 aliphatic carbocycles. The lowest BCUT2D eigenvalue weighted by molar-refractivity contribution is -0.156. The van der Waals surface area contributed by atoms with Crippen molar-refractivity contribution in [3.63, 3.8) is 0 Å². The van der Waals surface area contributed by atoms with E-state index in [9.17, 15) is 29.2 Å². The van der Waals surface area contributed by atoms with Gasteiger partial charge in [-0.25, -0.2) is 14.9 Å². The van der Waals surface area contributed by atoms with Crippen molar-refractivity contribution in [2.24, 2.45) is 11.8 Å². The number of nitrogens with zero attached hydrogens (tertiary/aromatic N) is 2. The molecule has 0 spiro atoms. The molecule has 1 aliphatic heterocycles. The van der Waals surface area contributed by atoms with Crippen molar-refractivity contribution in [3.8, 4) is 17.6 Å². The Morgan fingerprint density at radius 2 is 1.55 bits per heavy atom. The number of benzene rings is 2. The van der Waals surface area contributed by atoms with Crippen LogP contribution in [-0.2, 0) is 44.6 Å². The van der Waals surface area contributed by atoms with Crippen molar-refractivity contribution >= 4 is 53.4 Å². The second-order valence-electron chi connectivity index (χ2n) is 11.7. The molecule has 12 nitrogen and oxygen atoms in total. The van der Waals surface area contributed by atoms with Gasteiger partial charge in [0, 0.05) is 17.4 Å². The molecule has 0 bridgehead atoms. The van der Waals surface area contributed by atoms with E-state index in [0.29, 0.717) is 47.8 Å². The quantitative estimate of drug-likeness (QED) is 0.0508. The first-order chi connectivity index (χ1) is 24.5. The third-order valence-corrected chi connectivity index (χ3v) is 10.7. The van der Waals surface area contributed by atoms with E-state index in [2.05, 4.69) is 11.4 Å². The summed E-state index contributed by atoms with van der Waals surface area (Å²) in [6.45, 7) is 14.0. The Morgan fingerprint density at radius 3 is 2.16 bits per heavy atom. The Labute approximate surface area is 304 Å². The number of fused-ring (bicyclic) bond motifs is 1. The van der Waals surface area contributed by atoms with Gasteiger partial charge in [0.15, 0.2) is 0 Å². The van der Waals surface area contributed by atoms with Crippen LogP contribution in [0.2, 0.25) is 0 Å². The second kappa shape index (κ2) is 18.8. The van der Waals surface area contributed by atoms with Crippen LogP contribution in [0.25, 0.3) is 4.85 Å². The van der Waals surface area contributed by atoms with Gasteiger partial charge in [0.05, 0.1) is 53.1 Å². The zero-order chi connectivity index (χ0) is 36.9. The lowest BCUT2D eigenvalue weighted by atomic mass is 9.82. The Kier molecular flexibility index (Phi) is 14.3. The van der Waals surface area contributed by atoms with Gasteiger partial charge < -0.3 is 23.7 Å². The molecular formula is C37H36N2O10S2. The molecule has 2 aromatic carbocycles. The first kappa shape index (κ1) is 38.7. The molecule has 2 aliphatic rings. The first-order valence-electron chi connectivity index (χ1n) is 16.2. The summed E-state index contributed by atoms with van der Waals surface area (Å²) in [6, 6.07) is 12.3. The summed E-state index contributed by atoms with van der Waals surface area (Å²) < 4.78 is 27.1. The summed E-state index contributed by atoms with van der Waals surface area (Å²) in [5, 5.41) is 9.28. The van der Waals surface area contributed by atoms with Crippen molar-refractivity contribution in [3.05, 3.63) is 81.5 Å². The molecule has 0 saturated heterocycles. The average molecular weight is 733 g/mol. The monoisotopic (exact) mass is 732 g/mol. The van der Waals surface area contributed by atoms with Crippen LogP contribution in [0.4, 0.5) is 0 Å². The van der Waals surface area contributed by atoms with Gasteiger partial charge in [-0.15, -0.1) is 0 Å². The molecule has 0 aromatic heterocycles. The zero-order valence-corrected chi connectivity index (χ0v) is 29.8. The average Bonchev–Trinajstić information content (AvgIpc) is 3.58. The number of rotatable bonds is 14. The molecule has 51 heavy (non-hydrogen) atoms. The number of ether oxygens (including phenoxy) is 5. The van der Waals surface area contributed by atoms with Crippen LogP contribution in [0.15, 0.2) is 68.8 Å². The number of hydrogen-bond acceptors (Lipinski definition) is 13. The number of nitriles is 1. The van der Waals surface area contributed by atoms with Crippen molar-refractivity contribution in [2.75, 3.05) is 13.2 Å². The van der Waals surface area contributed by atoms with E-state index < -0.39 is 24.0 Å². The van der Waals surface area contributed by atoms with Gasteiger partial charge in [-0.05, 0) is 68.9 Å². The molecule has 4 rings (SSSR count). The maximum atomic E-state index is 13.1. The maximum Gasteiger partial charge on any atom is 0.330 e. The minimum atomic E-state index is -0.641. The number of allylic oxidation sites excluding steroid dienone is 1. The van der Waals surface area contributed by atoms with E-state index in [0.717, 1.165) is 27.0 Å². The highest BCUT2D eigenvalue weighted by Crippen LogP contribution is 2.57. The fraction of sp³-hybridized carbons (Fsp3) is 0.378. The molecule has 1 heterocycles. The largest absolute Gasteiger partial charge is 0.465 e. The van der Waals surface area contributed by atoms with Gasteiger partial charge in [-0.1, -0.05) is 48.3 Å². The summed E-state index contributed by atoms with van der Waals surface area (Å²) in [7, 11) is 0. The summed E-state index contributed by atoms with van der Waals surface area (Å²) in [6.07, 6.45) is 2.36. The Balaban J connectivity index is 1.15. The Morgan fingerprint density at radius 1 is 0.941 bits per heavy atom. The Bertz CT molecular complexity index is 1770. The van der Waals surface area contributed by atoms with E-state index in [1.165, 1.54) is 23.5 Å². The highest BCUT2D eigenvalue weighted by molar-refractivity contribution is 8.24. The molecule has 0 amide bonds. The SMILES string of the molecule is [C-]#[N+]/C(C#N)=C1\Sc2c(C)ccc(OC(=O)C3CCC(C(=O)Oc4ccc(CCOC(=O)CCC(=O)OCC(C)OC(=O)C=C)cc4)CC3)c2S1. The number of thioether (sulfide) groups is 2. The predicted molar refractivity (Wildman–Crippen MR) is 186 cm³/mol. The molecule has 1 saturated carbocycles. The first-order valence-corrected chi connectivity index (χ1v) is 17.8. The number of aryl methyl sites for hydroxylation is 1.